The van der Waals surface area contributed by atoms with Gasteiger partial charge in [-0.3, -0.25) is 0 Å². The fraction of sp³-hybridized carbons (Fsp3) is 0.480. The maximum Gasteiger partial charge on any atom is 0.410 e. The Morgan fingerprint density at radius 2 is 1.86 bits per heavy atom. The van der Waals surface area contributed by atoms with Gasteiger partial charge in [0.15, 0.2) is 0 Å². The number of benzene rings is 2. The van der Waals surface area contributed by atoms with Crippen LogP contribution < -0.4 is 4.74 Å². The third-order valence-electron chi connectivity index (χ3n) is 5.88. The van der Waals surface area contributed by atoms with E-state index in [9.17, 15) is 4.79 Å². The van der Waals surface area contributed by atoms with Crippen molar-refractivity contribution in [1.82, 2.24) is 4.90 Å². The number of amides is 1. The molecule has 0 spiro atoms. The van der Waals surface area contributed by atoms with Crippen molar-refractivity contribution in [3.63, 3.8) is 0 Å². The molecule has 2 atom stereocenters. The van der Waals surface area contributed by atoms with Crippen LogP contribution >= 0.6 is 0 Å². The van der Waals surface area contributed by atoms with Gasteiger partial charge in [0.1, 0.15) is 18.0 Å². The quantitative estimate of drug-likeness (QED) is 0.657. The molecule has 4 heteroatoms. The Balaban J connectivity index is 1.67. The topological polar surface area (TPSA) is 38.8 Å². The number of likely N-dealkylation sites (tertiary alicyclic amines) is 1. The van der Waals surface area contributed by atoms with Crippen molar-refractivity contribution >= 4 is 6.09 Å². The maximum absolute atomic E-state index is 12.5. The van der Waals surface area contributed by atoms with E-state index in [2.05, 4.69) is 44.2 Å². The van der Waals surface area contributed by atoms with Gasteiger partial charge in [-0.2, -0.15) is 0 Å². The Morgan fingerprint density at radius 1 is 1.14 bits per heavy atom. The van der Waals surface area contributed by atoms with Crippen LogP contribution in [0.4, 0.5) is 4.79 Å². The normalized spacial score (nSPS) is 22.2. The van der Waals surface area contributed by atoms with Crippen molar-refractivity contribution in [2.75, 3.05) is 13.1 Å². The number of rotatable bonds is 4. The molecular weight excluding hydrogens is 362 g/mol. The van der Waals surface area contributed by atoms with Crippen LogP contribution in [0.2, 0.25) is 0 Å². The Bertz CT molecular complexity index is 827. The molecular formula is C25H33NO3. The first-order valence-electron chi connectivity index (χ1n) is 10.4. The smallest absolute Gasteiger partial charge is 0.410 e. The van der Waals surface area contributed by atoms with Crippen LogP contribution in [0, 0.1) is 5.92 Å². The van der Waals surface area contributed by atoms with Crippen LogP contribution in [0.25, 0.3) is 0 Å². The number of carbonyl (C=O) groups excluding carboxylic acids is 1. The molecule has 0 bridgehead atoms. The highest BCUT2D eigenvalue weighted by atomic mass is 16.6. The van der Waals surface area contributed by atoms with Crippen molar-refractivity contribution in [2.45, 2.75) is 58.7 Å². The summed E-state index contributed by atoms with van der Waals surface area (Å²) in [5.74, 6) is 1.20. The monoisotopic (exact) mass is 395 g/mol. The molecule has 0 aliphatic carbocycles. The summed E-state index contributed by atoms with van der Waals surface area (Å²) in [5, 5.41) is 0. The SMILES string of the molecule is C[C@H]1CN(C(=O)OC(C)(C)C)CC[C@@]1(C)c1cccc(OCc2ccccc2)c1. The molecule has 1 aliphatic heterocycles. The summed E-state index contributed by atoms with van der Waals surface area (Å²) in [6.45, 7) is 12.2. The number of piperidine rings is 1. The molecule has 1 heterocycles. The minimum atomic E-state index is -0.467. The molecule has 1 saturated heterocycles. The van der Waals surface area contributed by atoms with E-state index in [1.54, 1.807) is 0 Å². The van der Waals surface area contributed by atoms with Crippen molar-refractivity contribution in [3.05, 3.63) is 65.7 Å². The Kier molecular flexibility index (Phi) is 6.21. The van der Waals surface area contributed by atoms with Gasteiger partial charge in [0.25, 0.3) is 0 Å². The first-order valence-corrected chi connectivity index (χ1v) is 10.4. The largest absolute Gasteiger partial charge is 0.489 e. The second kappa shape index (κ2) is 8.48. The van der Waals surface area contributed by atoms with Gasteiger partial charge in [0.05, 0.1) is 0 Å². The zero-order chi connectivity index (χ0) is 21.1. The van der Waals surface area contributed by atoms with Gasteiger partial charge in [-0.1, -0.05) is 56.3 Å². The van der Waals surface area contributed by atoms with Crippen LogP contribution in [-0.2, 0) is 16.8 Å². The first-order chi connectivity index (χ1) is 13.7. The molecule has 0 aromatic heterocycles. The van der Waals surface area contributed by atoms with Crippen LogP contribution in [0.3, 0.4) is 0 Å². The fourth-order valence-electron chi connectivity index (χ4n) is 3.84. The van der Waals surface area contributed by atoms with E-state index in [-0.39, 0.29) is 11.5 Å². The van der Waals surface area contributed by atoms with E-state index in [1.807, 2.05) is 49.9 Å². The summed E-state index contributed by atoms with van der Waals surface area (Å²) in [6, 6.07) is 18.6. The molecule has 1 aliphatic rings. The number of hydrogen-bond donors (Lipinski definition) is 0. The Morgan fingerprint density at radius 3 is 2.52 bits per heavy atom. The molecule has 2 aromatic rings. The van der Waals surface area contributed by atoms with Gasteiger partial charge in [0.2, 0.25) is 0 Å². The van der Waals surface area contributed by atoms with Crippen molar-refractivity contribution < 1.29 is 14.3 Å². The highest BCUT2D eigenvalue weighted by molar-refractivity contribution is 5.68. The minimum Gasteiger partial charge on any atom is -0.489 e. The van der Waals surface area contributed by atoms with Gasteiger partial charge in [-0.25, -0.2) is 4.79 Å². The number of ether oxygens (including phenoxy) is 2. The molecule has 0 saturated carbocycles. The first kappa shape index (κ1) is 21.2. The summed E-state index contributed by atoms with van der Waals surface area (Å²) in [6.07, 6.45) is 0.682. The zero-order valence-electron chi connectivity index (χ0n) is 18.3. The Labute approximate surface area is 174 Å². The highest BCUT2D eigenvalue weighted by Gasteiger charge is 2.40. The third-order valence-corrected chi connectivity index (χ3v) is 5.88. The molecule has 2 aromatic carbocycles. The number of hydrogen-bond acceptors (Lipinski definition) is 3. The average Bonchev–Trinajstić information content (AvgIpc) is 2.68. The van der Waals surface area contributed by atoms with E-state index in [4.69, 9.17) is 9.47 Å². The predicted octanol–water partition coefficient (Wildman–Crippen LogP) is 5.80. The lowest BCUT2D eigenvalue weighted by Gasteiger charge is -2.45. The van der Waals surface area contributed by atoms with E-state index >= 15 is 0 Å². The van der Waals surface area contributed by atoms with Crippen molar-refractivity contribution in [1.29, 1.82) is 0 Å². The molecule has 3 rings (SSSR count). The van der Waals surface area contributed by atoms with Gasteiger partial charge in [-0.15, -0.1) is 0 Å². The molecule has 156 valence electrons. The van der Waals surface area contributed by atoms with Gasteiger partial charge < -0.3 is 14.4 Å². The van der Waals surface area contributed by atoms with Gasteiger partial charge >= 0.3 is 6.09 Å². The summed E-state index contributed by atoms with van der Waals surface area (Å²) in [7, 11) is 0. The molecule has 4 nitrogen and oxygen atoms in total. The van der Waals surface area contributed by atoms with Crippen molar-refractivity contribution in [2.24, 2.45) is 5.92 Å². The molecule has 29 heavy (non-hydrogen) atoms. The Hall–Kier alpha value is -2.49. The van der Waals surface area contributed by atoms with Crippen LogP contribution in [0.15, 0.2) is 54.6 Å². The van der Waals surface area contributed by atoms with Crippen LogP contribution in [0.5, 0.6) is 5.75 Å². The molecule has 0 radical (unpaired) electrons. The zero-order valence-corrected chi connectivity index (χ0v) is 18.3. The highest BCUT2D eigenvalue weighted by Crippen LogP contribution is 2.40. The predicted molar refractivity (Wildman–Crippen MR) is 116 cm³/mol. The average molecular weight is 396 g/mol. The van der Waals surface area contributed by atoms with Crippen LogP contribution in [-0.4, -0.2) is 29.7 Å². The lowest BCUT2D eigenvalue weighted by atomic mass is 9.68. The second-order valence-corrected chi connectivity index (χ2v) is 9.30. The van der Waals surface area contributed by atoms with Gasteiger partial charge in [-0.05, 0) is 61.8 Å². The fourth-order valence-corrected chi connectivity index (χ4v) is 3.84. The van der Waals surface area contributed by atoms with Crippen molar-refractivity contribution in [3.8, 4) is 5.75 Å². The molecule has 0 N–H and O–H groups in total. The lowest BCUT2D eigenvalue weighted by molar-refractivity contribution is 0.00920. The second-order valence-electron chi connectivity index (χ2n) is 9.30. The molecule has 1 fully saturated rings. The third kappa shape index (κ3) is 5.31. The van der Waals surface area contributed by atoms with E-state index in [0.717, 1.165) is 17.7 Å². The summed E-state index contributed by atoms with van der Waals surface area (Å²) >= 11 is 0. The maximum atomic E-state index is 12.5. The number of nitrogens with zero attached hydrogens (tertiary/aromatic N) is 1. The van der Waals surface area contributed by atoms with E-state index < -0.39 is 5.60 Å². The van der Waals surface area contributed by atoms with E-state index in [1.165, 1.54) is 5.56 Å². The standard InChI is InChI=1S/C25H33NO3/c1-19-17-26(23(27)29-24(2,3)4)15-14-25(19,5)21-12-9-13-22(16-21)28-18-20-10-7-6-8-11-20/h6-13,16,19H,14-15,17-18H2,1-5H3/t19-,25+/m0/s1. The summed E-state index contributed by atoms with van der Waals surface area (Å²) in [4.78, 5) is 14.3. The summed E-state index contributed by atoms with van der Waals surface area (Å²) < 4.78 is 11.6. The van der Waals surface area contributed by atoms with Gasteiger partial charge in [0, 0.05) is 13.1 Å². The van der Waals surface area contributed by atoms with Crippen LogP contribution in [0.1, 0.15) is 52.2 Å². The lowest BCUT2D eigenvalue weighted by Crippen LogP contribution is -2.50. The minimum absolute atomic E-state index is 0.00930. The molecule has 0 unspecified atom stereocenters. The van der Waals surface area contributed by atoms with E-state index in [0.29, 0.717) is 25.6 Å². The molecule has 1 amide bonds. The number of carbonyl (C=O) groups is 1. The summed E-state index contributed by atoms with van der Waals surface area (Å²) in [5.41, 5.74) is 1.94.